The van der Waals surface area contributed by atoms with Crippen molar-refractivity contribution in [2.45, 2.75) is 13.0 Å². The van der Waals surface area contributed by atoms with E-state index in [-0.39, 0.29) is 18.9 Å². The Balaban J connectivity index is 1.78. The fourth-order valence-corrected chi connectivity index (χ4v) is 2.18. The van der Waals surface area contributed by atoms with Gasteiger partial charge in [-0.05, 0) is 17.2 Å². The topological polar surface area (TPSA) is 46.6 Å². The number of fused-ring (bicyclic) bond motifs is 1. The van der Waals surface area contributed by atoms with E-state index in [2.05, 4.69) is 0 Å². The first-order valence-corrected chi connectivity index (χ1v) is 6.38. The normalized spacial score (nSPS) is 14.3. The fraction of sp³-hybridized carbons (Fsp3) is 0.125. The van der Waals surface area contributed by atoms with E-state index in [1.54, 1.807) is 18.2 Å². The Hall–Kier alpha value is -2.46. The summed E-state index contributed by atoms with van der Waals surface area (Å²) >= 11 is 0. The first kappa shape index (κ1) is 12.6. The molecule has 3 rings (SSSR count). The third kappa shape index (κ3) is 2.33. The van der Waals surface area contributed by atoms with Gasteiger partial charge in [0, 0.05) is 5.56 Å². The van der Waals surface area contributed by atoms with Crippen LogP contribution in [0.5, 0.6) is 0 Å². The summed E-state index contributed by atoms with van der Waals surface area (Å²) < 4.78 is 0. The van der Waals surface area contributed by atoms with Gasteiger partial charge in [0.2, 0.25) is 0 Å². The zero-order chi connectivity index (χ0) is 13.9. The molecule has 0 radical (unpaired) electrons. The molecule has 1 aliphatic rings. The van der Waals surface area contributed by atoms with Gasteiger partial charge in [0.15, 0.2) is 0 Å². The highest BCUT2D eigenvalue weighted by molar-refractivity contribution is 6.08. The summed E-state index contributed by atoms with van der Waals surface area (Å²) in [5, 5.41) is 0.870. The van der Waals surface area contributed by atoms with Crippen molar-refractivity contribution in [1.29, 1.82) is 0 Å². The highest BCUT2D eigenvalue weighted by Crippen LogP contribution is 2.20. The first-order chi connectivity index (χ1) is 9.75. The highest BCUT2D eigenvalue weighted by Gasteiger charge is 2.31. The van der Waals surface area contributed by atoms with Gasteiger partial charge in [-0.25, -0.2) is 0 Å². The number of benzene rings is 2. The SMILES string of the molecule is O=C1Cc2ccccc2C(=O)N1OCc1ccccc1. The average molecular weight is 267 g/mol. The number of rotatable bonds is 3. The second-order valence-corrected chi connectivity index (χ2v) is 4.59. The van der Waals surface area contributed by atoms with E-state index in [1.165, 1.54) is 0 Å². The zero-order valence-corrected chi connectivity index (χ0v) is 10.8. The van der Waals surface area contributed by atoms with Crippen LogP contribution >= 0.6 is 0 Å². The van der Waals surface area contributed by atoms with E-state index < -0.39 is 5.91 Å². The zero-order valence-electron chi connectivity index (χ0n) is 10.8. The Morgan fingerprint density at radius 2 is 1.65 bits per heavy atom. The average Bonchev–Trinajstić information content (AvgIpc) is 2.48. The van der Waals surface area contributed by atoms with Crippen LogP contribution in [0.4, 0.5) is 0 Å². The Morgan fingerprint density at radius 3 is 2.45 bits per heavy atom. The van der Waals surface area contributed by atoms with E-state index in [4.69, 9.17) is 4.84 Å². The maximum Gasteiger partial charge on any atom is 0.285 e. The van der Waals surface area contributed by atoms with Crippen molar-refractivity contribution in [3.63, 3.8) is 0 Å². The van der Waals surface area contributed by atoms with Crippen LogP contribution in [0.3, 0.4) is 0 Å². The third-order valence-electron chi connectivity index (χ3n) is 3.20. The monoisotopic (exact) mass is 267 g/mol. The van der Waals surface area contributed by atoms with E-state index >= 15 is 0 Å². The molecule has 0 bridgehead atoms. The number of carbonyl (C=O) groups is 2. The van der Waals surface area contributed by atoms with Gasteiger partial charge in [-0.1, -0.05) is 48.5 Å². The lowest BCUT2D eigenvalue weighted by Gasteiger charge is -2.25. The molecule has 1 heterocycles. The molecular formula is C16H13NO3. The maximum atomic E-state index is 12.2. The Kier molecular flexibility index (Phi) is 3.31. The highest BCUT2D eigenvalue weighted by atomic mass is 16.7. The van der Waals surface area contributed by atoms with Gasteiger partial charge in [0.05, 0.1) is 6.42 Å². The van der Waals surface area contributed by atoms with Crippen LogP contribution in [0.25, 0.3) is 0 Å². The van der Waals surface area contributed by atoms with Crippen molar-refractivity contribution in [3.8, 4) is 0 Å². The summed E-state index contributed by atoms with van der Waals surface area (Å²) in [6, 6.07) is 16.5. The Morgan fingerprint density at radius 1 is 0.950 bits per heavy atom. The van der Waals surface area contributed by atoms with Crippen molar-refractivity contribution in [1.82, 2.24) is 5.06 Å². The molecule has 1 aliphatic heterocycles. The molecule has 2 aromatic rings. The standard InChI is InChI=1S/C16H13NO3/c18-15-10-13-8-4-5-9-14(13)16(19)17(15)20-11-12-6-2-1-3-7-12/h1-9H,10-11H2. The molecule has 0 spiro atoms. The first-order valence-electron chi connectivity index (χ1n) is 6.38. The lowest BCUT2D eigenvalue weighted by atomic mass is 10.00. The molecular weight excluding hydrogens is 254 g/mol. The molecule has 100 valence electrons. The van der Waals surface area contributed by atoms with Crippen molar-refractivity contribution in [2.75, 3.05) is 0 Å². The van der Waals surface area contributed by atoms with E-state index in [0.29, 0.717) is 5.56 Å². The Bertz CT molecular complexity index is 652. The van der Waals surface area contributed by atoms with Gasteiger partial charge in [0.25, 0.3) is 11.8 Å². The lowest BCUT2D eigenvalue weighted by Crippen LogP contribution is -2.42. The van der Waals surface area contributed by atoms with Crippen molar-refractivity contribution < 1.29 is 14.4 Å². The summed E-state index contributed by atoms with van der Waals surface area (Å²) in [5.74, 6) is -0.725. The number of carbonyl (C=O) groups excluding carboxylic acids is 2. The molecule has 0 aliphatic carbocycles. The second-order valence-electron chi connectivity index (χ2n) is 4.59. The molecule has 20 heavy (non-hydrogen) atoms. The number of amides is 2. The van der Waals surface area contributed by atoms with Crippen LogP contribution in [-0.2, 0) is 22.7 Å². The summed E-state index contributed by atoms with van der Waals surface area (Å²) in [6.45, 7) is 0.195. The molecule has 0 atom stereocenters. The van der Waals surface area contributed by atoms with Crippen molar-refractivity contribution >= 4 is 11.8 Å². The summed E-state index contributed by atoms with van der Waals surface area (Å²) in [4.78, 5) is 29.6. The number of hydrogen-bond donors (Lipinski definition) is 0. The van der Waals surface area contributed by atoms with Gasteiger partial charge >= 0.3 is 0 Å². The number of nitrogens with zero attached hydrogens (tertiary/aromatic N) is 1. The minimum Gasteiger partial charge on any atom is -0.272 e. The molecule has 4 heteroatoms. The van der Waals surface area contributed by atoms with Crippen LogP contribution in [0, 0.1) is 0 Å². The van der Waals surface area contributed by atoms with E-state index in [1.807, 2.05) is 36.4 Å². The van der Waals surface area contributed by atoms with Gasteiger partial charge < -0.3 is 0 Å². The van der Waals surface area contributed by atoms with Crippen LogP contribution in [0.1, 0.15) is 21.5 Å². The van der Waals surface area contributed by atoms with Crippen LogP contribution in [0.2, 0.25) is 0 Å². The molecule has 0 aromatic heterocycles. The number of hydroxylamine groups is 2. The molecule has 0 N–H and O–H groups in total. The predicted octanol–water partition coefficient (Wildman–Crippen LogP) is 2.34. The number of hydrogen-bond acceptors (Lipinski definition) is 3. The second kappa shape index (κ2) is 5.27. The van der Waals surface area contributed by atoms with Gasteiger partial charge in [-0.15, -0.1) is 5.06 Å². The van der Waals surface area contributed by atoms with Crippen LogP contribution in [0.15, 0.2) is 54.6 Å². The molecule has 0 fully saturated rings. The number of imide groups is 1. The fourth-order valence-electron chi connectivity index (χ4n) is 2.18. The lowest BCUT2D eigenvalue weighted by molar-refractivity contribution is -0.174. The molecule has 2 aromatic carbocycles. The van der Waals surface area contributed by atoms with Gasteiger partial charge in [-0.3, -0.25) is 14.4 Å². The Labute approximate surface area is 116 Å². The summed E-state index contributed by atoms with van der Waals surface area (Å²) in [7, 11) is 0. The predicted molar refractivity (Wildman–Crippen MR) is 72.6 cm³/mol. The van der Waals surface area contributed by atoms with Crippen molar-refractivity contribution in [2.24, 2.45) is 0 Å². The van der Waals surface area contributed by atoms with Crippen LogP contribution in [-0.4, -0.2) is 16.9 Å². The quantitative estimate of drug-likeness (QED) is 0.802. The smallest absolute Gasteiger partial charge is 0.272 e. The van der Waals surface area contributed by atoms with Gasteiger partial charge in [-0.2, -0.15) is 0 Å². The molecule has 2 amide bonds. The minimum atomic E-state index is -0.396. The third-order valence-corrected chi connectivity index (χ3v) is 3.20. The maximum absolute atomic E-state index is 12.2. The summed E-state index contributed by atoms with van der Waals surface area (Å²) in [5.41, 5.74) is 2.19. The summed E-state index contributed by atoms with van der Waals surface area (Å²) in [6.07, 6.45) is 0.191. The minimum absolute atomic E-state index is 0.191. The van der Waals surface area contributed by atoms with Crippen molar-refractivity contribution in [3.05, 3.63) is 71.3 Å². The molecule has 0 saturated carbocycles. The molecule has 0 unspecified atom stereocenters. The molecule has 4 nitrogen and oxygen atoms in total. The van der Waals surface area contributed by atoms with E-state index in [0.717, 1.165) is 16.2 Å². The van der Waals surface area contributed by atoms with E-state index in [9.17, 15) is 9.59 Å². The van der Waals surface area contributed by atoms with Crippen LogP contribution < -0.4 is 0 Å². The van der Waals surface area contributed by atoms with Gasteiger partial charge in [0.1, 0.15) is 6.61 Å². The largest absolute Gasteiger partial charge is 0.285 e. The molecule has 0 saturated heterocycles.